The second-order valence-electron chi connectivity index (χ2n) is 8.65. The van der Waals surface area contributed by atoms with Crippen molar-refractivity contribution in [1.82, 2.24) is 5.32 Å². The number of nitrogens with one attached hydrogen (secondary N) is 1. The van der Waals surface area contributed by atoms with Crippen LogP contribution in [0.1, 0.15) is 35.6 Å². The van der Waals surface area contributed by atoms with Gasteiger partial charge in [0.05, 0.1) is 26.2 Å². The number of ether oxygens (including phenoxy) is 2. The van der Waals surface area contributed by atoms with Crippen LogP contribution in [-0.4, -0.2) is 26.0 Å². The van der Waals surface area contributed by atoms with Crippen LogP contribution in [0.3, 0.4) is 0 Å². The lowest BCUT2D eigenvalue weighted by atomic mass is 9.83. The maximum absolute atomic E-state index is 13.5. The van der Waals surface area contributed by atoms with Gasteiger partial charge in [-0.15, -0.1) is 0 Å². The van der Waals surface area contributed by atoms with E-state index in [-0.39, 0.29) is 30.6 Å². The third-order valence-electron chi connectivity index (χ3n) is 6.38. The Morgan fingerprint density at radius 2 is 1.69 bits per heavy atom. The highest BCUT2D eigenvalue weighted by atomic mass is 19.1. The minimum absolute atomic E-state index is 0.0452. The van der Waals surface area contributed by atoms with Crippen molar-refractivity contribution in [2.75, 3.05) is 19.1 Å². The summed E-state index contributed by atoms with van der Waals surface area (Å²) in [6, 6.07) is 18.7. The quantitative estimate of drug-likeness (QED) is 0.524. The number of piperidine rings is 1. The lowest BCUT2D eigenvalue weighted by Gasteiger charge is -2.41. The van der Waals surface area contributed by atoms with Crippen molar-refractivity contribution < 1.29 is 23.5 Å². The molecule has 4 rings (SSSR count). The molecule has 3 aromatic carbocycles. The van der Waals surface area contributed by atoms with Gasteiger partial charge in [0.2, 0.25) is 11.8 Å². The lowest BCUT2D eigenvalue weighted by Crippen LogP contribution is -2.48. The molecular formula is C28H29FN2O4. The number of halogens is 1. The van der Waals surface area contributed by atoms with E-state index >= 15 is 0 Å². The van der Waals surface area contributed by atoms with Crippen molar-refractivity contribution in [2.24, 2.45) is 5.92 Å². The van der Waals surface area contributed by atoms with Gasteiger partial charge in [-0.1, -0.05) is 35.9 Å². The zero-order valence-corrected chi connectivity index (χ0v) is 20.1. The molecule has 6 nitrogen and oxygen atoms in total. The largest absolute Gasteiger partial charge is 0.493 e. The molecule has 2 amide bonds. The van der Waals surface area contributed by atoms with Gasteiger partial charge < -0.3 is 19.7 Å². The molecule has 0 aromatic heterocycles. The average molecular weight is 477 g/mol. The summed E-state index contributed by atoms with van der Waals surface area (Å²) in [4.78, 5) is 28.4. The molecule has 0 radical (unpaired) electrons. The summed E-state index contributed by atoms with van der Waals surface area (Å²) in [6.07, 6.45) is 0.668. The van der Waals surface area contributed by atoms with E-state index in [9.17, 15) is 14.0 Å². The summed E-state index contributed by atoms with van der Waals surface area (Å²) in [5, 5.41) is 2.98. The van der Waals surface area contributed by atoms with Gasteiger partial charge in [-0.2, -0.15) is 0 Å². The fraction of sp³-hybridized carbons (Fsp3) is 0.286. The molecule has 7 heteroatoms. The Morgan fingerprint density at radius 3 is 2.34 bits per heavy atom. The monoisotopic (exact) mass is 476 g/mol. The third-order valence-corrected chi connectivity index (χ3v) is 6.38. The van der Waals surface area contributed by atoms with Crippen LogP contribution in [0.2, 0.25) is 0 Å². The Bertz CT molecular complexity index is 1190. The van der Waals surface area contributed by atoms with Gasteiger partial charge in [0.1, 0.15) is 5.82 Å². The van der Waals surface area contributed by atoms with Crippen LogP contribution in [0, 0.1) is 18.7 Å². The number of anilines is 1. The van der Waals surface area contributed by atoms with E-state index in [1.807, 2.05) is 43.3 Å². The molecule has 0 saturated carbocycles. The van der Waals surface area contributed by atoms with Crippen LogP contribution in [0.15, 0.2) is 66.7 Å². The molecule has 3 aromatic rings. The Morgan fingerprint density at radius 1 is 1.00 bits per heavy atom. The predicted octanol–water partition coefficient (Wildman–Crippen LogP) is 4.95. The van der Waals surface area contributed by atoms with Crippen molar-refractivity contribution >= 4 is 17.5 Å². The van der Waals surface area contributed by atoms with Crippen LogP contribution in [0.4, 0.5) is 10.1 Å². The first-order chi connectivity index (χ1) is 16.9. The van der Waals surface area contributed by atoms with Gasteiger partial charge in [0.15, 0.2) is 11.5 Å². The first-order valence-electron chi connectivity index (χ1n) is 11.5. The molecule has 1 saturated heterocycles. The summed E-state index contributed by atoms with van der Waals surface area (Å²) in [6.45, 7) is 2.26. The van der Waals surface area contributed by atoms with Crippen LogP contribution < -0.4 is 19.7 Å². The zero-order valence-electron chi connectivity index (χ0n) is 20.1. The van der Waals surface area contributed by atoms with Crippen molar-refractivity contribution in [3.05, 3.63) is 89.2 Å². The van der Waals surface area contributed by atoms with Gasteiger partial charge in [-0.05, 0) is 60.9 Å². The lowest BCUT2D eigenvalue weighted by molar-refractivity contribution is -0.129. The zero-order chi connectivity index (χ0) is 24.9. The molecule has 35 heavy (non-hydrogen) atoms. The fourth-order valence-electron chi connectivity index (χ4n) is 4.52. The smallest absolute Gasteiger partial charge is 0.227 e. The molecule has 2 atom stereocenters. The maximum Gasteiger partial charge on any atom is 0.227 e. The van der Waals surface area contributed by atoms with Gasteiger partial charge in [0, 0.05) is 18.7 Å². The van der Waals surface area contributed by atoms with Crippen LogP contribution in [0.5, 0.6) is 11.5 Å². The standard InChI is InChI=1S/C28H29FN2O4/c1-18-4-11-22(12-5-18)31-26(32)15-13-23(28(33)30-17-19-6-9-21(29)10-7-19)27(31)20-8-14-24(34-2)25(16-20)35-3/h4-12,14,16,23,27H,13,15,17H2,1-3H3,(H,30,33). The number of methoxy groups -OCH3 is 2. The van der Waals surface area contributed by atoms with Crippen molar-refractivity contribution in [3.8, 4) is 11.5 Å². The summed E-state index contributed by atoms with van der Waals surface area (Å²) < 4.78 is 24.1. The second-order valence-corrected chi connectivity index (χ2v) is 8.65. The predicted molar refractivity (Wildman–Crippen MR) is 132 cm³/mol. The maximum atomic E-state index is 13.5. The van der Waals surface area contributed by atoms with E-state index in [0.717, 1.165) is 22.4 Å². The van der Waals surface area contributed by atoms with Gasteiger partial charge in [-0.25, -0.2) is 4.39 Å². The number of carbonyl (C=O) groups is 2. The number of rotatable bonds is 7. The molecule has 1 aliphatic rings. The number of benzene rings is 3. The Labute approximate surface area is 204 Å². The average Bonchev–Trinajstić information content (AvgIpc) is 2.88. The van der Waals surface area contributed by atoms with Gasteiger partial charge in [-0.3, -0.25) is 9.59 Å². The number of amides is 2. The minimum Gasteiger partial charge on any atom is -0.493 e. The molecule has 1 aliphatic heterocycles. The van der Waals surface area contributed by atoms with E-state index in [2.05, 4.69) is 5.32 Å². The highest BCUT2D eigenvalue weighted by Gasteiger charge is 2.41. The Hall–Kier alpha value is -3.87. The van der Waals surface area contributed by atoms with E-state index in [1.54, 1.807) is 37.3 Å². The fourth-order valence-corrected chi connectivity index (χ4v) is 4.52. The molecule has 0 spiro atoms. The molecule has 182 valence electrons. The summed E-state index contributed by atoms with van der Waals surface area (Å²) in [5.41, 5.74) is 3.38. The molecular weight excluding hydrogens is 447 g/mol. The van der Waals surface area contributed by atoms with E-state index in [0.29, 0.717) is 17.9 Å². The first kappa shape index (κ1) is 24.3. The van der Waals surface area contributed by atoms with E-state index in [4.69, 9.17) is 9.47 Å². The van der Waals surface area contributed by atoms with Crippen LogP contribution in [0.25, 0.3) is 0 Å². The molecule has 1 heterocycles. The van der Waals surface area contributed by atoms with Crippen LogP contribution in [-0.2, 0) is 16.1 Å². The normalized spacial score (nSPS) is 17.7. The Balaban J connectivity index is 1.70. The summed E-state index contributed by atoms with van der Waals surface area (Å²) in [7, 11) is 3.12. The van der Waals surface area contributed by atoms with Crippen LogP contribution >= 0.6 is 0 Å². The number of nitrogens with zero attached hydrogens (tertiary/aromatic N) is 1. The summed E-state index contributed by atoms with van der Waals surface area (Å²) in [5.74, 6) is 0.0607. The number of carbonyl (C=O) groups excluding carboxylic acids is 2. The number of aryl methyl sites for hydroxylation is 1. The number of hydrogen-bond acceptors (Lipinski definition) is 4. The molecule has 0 bridgehead atoms. The third kappa shape index (κ3) is 5.29. The van der Waals surface area contributed by atoms with E-state index in [1.165, 1.54) is 12.1 Å². The highest BCUT2D eigenvalue weighted by Crippen LogP contribution is 2.42. The van der Waals surface area contributed by atoms with Gasteiger partial charge >= 0.3 is 0 Å². The SMILES string of the molecule is COc1ccc(C2C(C(=O)NCc3ccc(F)cc3)CCC(=O)N2c2ccc(C)cc2)cc1OC. The summed E-state index contributed by atoms with van der Waals surface area (Å²) >= 11 is 0. The van der Waals surface area contributed by atoms with Gasteiger partial charge in [0.25, 0.3) is 0 Å². The van der Waals surface area contributed by atoms with Crippen molar-refractivity contribution in [2.45, 2.75) is 32.4 Å². The van der Waals surface area contributed by atoms with Crippen molar-refractivity contribution in [3.63, 3.8) is 0 Å². The first-order valence-corrected chi connectivity index (χ1v) is 11.5. The minimum atomic E-state index is -0.535. The topological polar surface area (TPSA) is 67.9 Å². The highest BCUT2D eigenvalue weighted by molar-refractivity contribution is 5.97. The molecule has 1 fully saturated rings. The van der Waals surface area contributed by atoms with Crippen molar-refractivity contribution in [1.29, 1.82) is 0 Å². The molecule has 1 N–H and O–H groups in total. The number of hydrogen-bond donors (Lipinski definition) is 1. The molecule has 2 unspecified atom stereocenters. The molecule has 0 aliphatic carbocycles. The second kappa shape index (κ2) is 10.6. The van der Waals surface area contributed by atoms with E-state index < -0.39 is 12.0 Å². The Kier molecular flexibility index (Phi) is 7.34.